The molecule has 4 heterocycles. The predicted molar refractivity (Wildman–Crippen MR) is 386 cm³/mol. The number of likely N-dealkylation sites (N-methyl/N-ethyl adjacent to an activating group) is 2. The molecule has 5 rings (SSSR count). The largest absolute Gasteiger partial charge is 0.481 e. The van der Waals surface area contributed by atoms with Gasteiger partial charge in [0.15, 0.2) is 11.9 Å². The van der Waals surface area contributed by atoms with E-state index in [0.717, 1.165) is 35.6 Å². The lowest BCUT2D eigenvalue weighted by Gasteiger charge is -2.38. The Balaban J connectivity index is 1.39. The van der Waals surface area contributed by atoms with E-state index in [4.69, 9.17) is 18.9 Å². The van der Waals surface area contributed by atoms with Crippen LogP contribution in [0.1, 0.15) is 142 Å². The Morgan fingerprint density at radius 2 is 1.19 bits per heavy atom. The molecule has 0 aliphatic carbocycles. The van der Waals surface area contributed by atoms with E-state index in [1.165, 1.54) is 70.0 Å². The molecule has 0 spiro atoms. The number of carboxylic acids is 1. The van der Waals surface area contributed by atoms with E-state index in [9.17, 15) is 86.6 Å². The van der Waals surface area contributed by atoms with Crippen molar-refractivity contribution < 1.29 is 106 Å². The zero-order valence-corrected chi connectivity index (χ0v) is 64.1. The van der Waals surface area contributed by atoms with Gasteiger partial charge in [0.2, 0.25) is 53.2 Å². The molecular weight excluding hydrogens is 1430 g/mol. The van der Waals surface area contributed by atoms with E-state index in [0.29, 0.717) is 21.8 Å². The summed E-state index contributed by atoms with van der Waals surface area (Å²) in [5, 5.41) is 34.8. The molecule has 2 aromatic rings. The van der Waals surface area contributed by atoms with Crippen LogP contribution in [0.15, 0.2) is 47.9 Å². The Morgan fingerprint density at radius 3 is 1.66 bits per heavy atom. The van der Waals surface area contributed by atoms with Gasteiger partial charge in [-0.25, -0.2) is 9.78 Å². The molecule has 0 fully saturated rings. The molecular formula is C71H100N14O22S. The second kappa shape index (κ2) is 40.5. The first kappa shape index (κ1) is 88.2. The Kier molecular flexibility index (Phi) is 33.1. The van der Waals surface area contributed by atoms with Gasteiger partial charge in [0.25, 0.3) is 29.5 Å². The molecule has 0 radical (unpaired) electrons. The minimum absolute atomic E-state index is 0.0298. The molecule has 3 aliphatic heterocycles. The van der Waals surface area contributed by atoms with Gasteiger partial charge in [0, 0.05) is 88.1 Å². The van der Waals surface area contributed by atoms with E-state index in [1.807, 2.05) is 27.7 Å². The summed E-state index contributed by atoms with van der Waals surface area (Å²) in [7, 11) is 5.12. The van der Waals surface area contributed by atoms with Crippen LogP contribution in [0.5, 0.6) is 5.75 Å². The van der Waals surface area contributed by atoms with Gasteiger partial charge in [0.05, 0.1) is 43.6 Å². The zero-order chi connectivity index (χ0) is 80.8. The minimum atomic E-state index is -2.13. The molecule has 37 heteroatoms. The molecule has 0 saturated carbocycles. The number of ether oxygens (including phenoxy) is 4. The van der Waals surface area contributed by atoms with Crippen LogP contribution in [0.25, 0.3) is 0 Å². The van der Waals surface area contributed by atoms with Crippen molar-refractivity contribution in [3.8, 4) is 5.75 Å². The Hall–Kier alpha value is -10.4. The summed E-state index contributed by atoms with van der Waals surface area (Å²) in [5.41, 5.74) is -0.977. The quantitative estimate of drug-likeness (QED) is 0.0426. The minimum Gasteiger partial charge on any atom is -0.481 e. The molecule has 0 bridgehead atoms. The number of hydrogen-bond acceptors (Lipinski definition) is 24. The van der Waals surface area contributed by atoms with Gasteiger partial charge in [-0.3, -0.25) is 91.4 Å². The highest BCUT2D eigenvalue weighted by Crippen LogP contribution is 2.33. The van der Waals surface area contributed by atoms with Gasteiger partial charge in [-0.2, -0.15) is 0 Å². The number of benzene rings is 1. The standard InChI is InChI=1S/C71H100N14O22S/c1-16-37(4)57(81-70(103)71(11,12)82(13)14)67(99)83(15)48(36(2)3)34-50(106-43(10)86)66-80-47(35-108-66)63(96)78-45(31-38(5)68(100)101)32-44-17-18-49-46(33-44)79-62(95)41(8)76-60(93)39(6)74-51(87)23-27-104-29-25-72-64(97)58(84-53(89)19-20-54(84)90)59(85-55(91)21-22-56(85)92)65(98)73-26-30-105-28-24-52(88)75-40(7)61(94)77-42(9)69(102)107-49/h17-22,33,35-42,45,48,50,57-59H,16,23-32,34H2,1-15H3,(H,72,97)(H,73,98)(H,74,87)(H,75,88)(H,76,93)(H,77,94)(H,78,96)(H,79,95)(H,81,103)(H,100,101)/t37-,38?,39?,40?,41?,42?,45+,48+,50+,57-,58?,59?/m0/s1. The molecule has 0 saturated heterocycles. The fourth-order valence-electron chi connectivity index (χ4n) is 11.2. The van der Waals surface area contributed by atoms with Crippen molar-refractivity contribution in [3.05, 3.63) is 64.1 Å². The number of aliphatic carboxylic acids is 1. The number of rotatable bonds is 21. The number of aromatic nitrogens is 1. The van der Waals surface area contributed by atoms with Gasteiger partial charge in [-0.05, 0) is 98.0 Å². The third-order valence-corrected chi connectivity index (χ3v) is 19.3. The summed E-state index contributed by atoms with van der Waals surface area (Å²) < 4.78 is 22.6. The predicted octanol–water partition coefficient (Wildman–Crippen LogP) is -0.547. The van der Waals surface area contributed by atoms with E-state index in [1.54, 1.807) is 39.9 Å². The fourth-order valence-corrected chi connectivity index (χ4v) is 12.0. The number of fused-ring (bicyclic) bond motifs is 1. The Morgan fingerprint density at radius 1 is 0.685 bits per heavy atom. The summed E-state index contributed by atoms with van der Waals surface area (Å²) in [5.74, 6) is -16.9. The van der Waals surface area contributed by atoms with Crippen LogP contribution in [0.3, 0.4) is 0 Å². The molecule has 592 valence electrons. The molecule has 12 atom stereocenters. The average molecular weight is 1530 g/mol. The number of thiazole rings is 1. The molecule has 36 nitrogen and oxygen atoms in total. The summed E-state index contributed by atoms with van der Waals surface area (Å²) in [6.07, 6.45) is 1.75. The van der Waals surface area contributed by atoms with Gasteiger partial charge in [-0.15, -0.1) is 11.3 Å². The smallest absolute Gasteiger partial charge is 0.333 e. The Labute approximate surface area is 629 Å². The van der Waals surface area contributed by atoms with Crippen molar-refractivity contribution in [1.29, 1.82) is 0 Å². The van der Waals surface area contributed by atoms with Crippen LogP contribution < -0.4 is 52.6 Å². The average Bonchev–Trinajstić information content (AvgIpc) is 1.55. The summed E-state index contributed by atoms with van der Waals surface area (Å²) in [6, 6.07) is -8.07. The third-order valence-electron chi connectivity index (χ3n) is 18.4. The maximum Gasteiger partial charge on any atom is 0.333 e. The van der Waals surface area contributed by atoms with E-state index < -0.39 is 161 Å². The second-order valence-corrected chi connectivity index (χ2v) is 28.4. The van der Waals surface area contributed by atoms with Gasteiger partial charge in [0.1, 0.15) is 53.0 Å². The van der Waals surface area contributed by atoms with Crippen molar-refractivity contribution in [2.45, 2.75) is 188 Å². The van der Waals surface area contributed by atoms with Crippen LogP contribution >= 0.6 is 11.3 Å². The van der Waals surface area contributed by atoms with Crippen LogP contribution in [-0.4, -0.2) is 251 Å². The van der Waals surface area contributed by atoms with Crippen LogP contribution in [0.4, 0.5) is 5.69 Å². The molecule has 3 aliphatic rings. The molecule has 1 aromatic carbocycles. The number of nitrogens with one attached hydrogen (secondary N) is 9. The SMILES string of the molecule is CC[C@H](C)[C@H](NC(=O)C(C)(C)N(C)C)C(=O)N(C)[C@H](C[C@@H](OC(C)=O)c1nc(C(=O)N[C@@H](Cc2ccc3c(c2)NC(=O)C(C)NC(=O)C(C)NC(=O)CCOCCNC(=O)C(N2C(=O)C=CC2=O)C(N2C(=O)C=CC2=O)C(=O)NCCOCCC(=O)NC(C)C(=O)NC(C)C(=O)O3)CC(C)C(=O)O)cs1)C(C)C. The number of nitrogens with zero attached hydrogens (tertiary/aromatic N) is 5. The number of anilines is 1. The highest BCUT2D eigenvalue weighted by Gasteiger charge is 2.50. The third kappa shape index (κ3) is 24.8. The summed E-state index contributed by atoms with van der Waals surface area (Å²) in [4.78, 5) is 237. The normalized spacial score (nSPS) is 22.3. The van der Waals surface area contributed by atoms with E-state index in [-0.39, 0.29) is 117 Å². The number of imide groups is 2. The van der Waals surface area contributed by atoms with Crippen molar-refractivity contribution in [2.75, 3.05) is 66.0 Å². The van der Waals surface area contributed by atoms with E-state index in [2.05, 4.69) is 52.8 Å². The first-order valence-corrected chi connectivity index (χ1v) is 36.1. The molecule has 10 N–H and O–H groups in total. The van der Waals surface area contributed by atoms with E-state index >= 15 is 0 Å². The lowest BCUT2D eigenvalue weighted by Crippen LogP contribution is -2.66. The topological polar surface area (TPSA) is 481 Å². The number of carbonyl (C=O) groups is 17. The molecule has 7 unspecified atom stereocenters. The highest BCUT2D eigenvalue weighted by molar-refractivity contribution is 7.09. The van der Waals surface area contributed by atoms with Crippen LogP contribution in [-0.2, 0) is 97.3 Å². The number of carboxylic acid groups (broad SMARTS) is 1. The summed E-state index contributed by atoms with van der Waals surface area (Å²) in [6.45, 7) is 16.8. The highest BCUT2D eigenvalue weighted by atomic mass is 32.1. The second-order valence-electron chi connectivity index (χ2n) is 27.5. The zero-order valence-electron chi connectivity index (χ0n) is 63.3. The molecule has 108 heavy (non-hydrogen) atoms. The van der Waals surface area contributed by atoms with Crippen LogP contribution in [0.2, 0.25) is 0 Å². The monoisotopic (exact) mass is 1530 g/mol. The van der Waals surface area contributed by atoms with Gasteiger partial charge < -0.3 is 76.8 Å². The number of esters is 2. The number of hydrogen-bond donors (Lipinski definition) is 10. The van der Waals surface area contributed by atoms with Gasteiger partial charge in [-0.1, -0.05) is 47.1 Å². The lowest BCUT2D eigenvalue weighted by atomic mass is 9.92. The first-order valence-electron chi connectivity index (χ1n) is 35.3. The van der Waals surface area contributed by atoms with Crippen LogP contribution in [0, 0.1) is 17.8 Å². The molecule has 14 amide bonds. The maximum absolute atomic E-state index is 14.5. The van der Waals surface area contributed by atoms with Crippen molar-refractivity contribution >= 4 is 118 Å². The maximum atomic E-state index is 14.5. The van der Waals surface area contributed by atoms with Crippen molar-refractivity contribution in [3.63, 3.8) is 0 Å². The van der Waals surface area contributed by atoms with Gasteiger partial charge >= 0.3 is 17.9 Å². The lowest BCUT2D eigenvalue weighted by molar-refractivity contribution is -0.156. The van der Waals surface area contributed by atoms with Crippen molar-refractivity contribution in [1.82, 2.24) is 67.1 Å². The molecule has 1 aromatic heterocycles. The van der Waals surface area contributed by atoms with Crippen molar-refractivity contribution in [2.24, 2.45) is 17.8 Å². The number of amides is 14. The number of carbonyl (C=O) groups excluding carboxylic acids is 16. The Bertz CT molecular complexity index is 3750. The first-order chi connectivity index (χ1) is 50.7. The fraction of sp³-hybridized carbons (Fsp3) is 0.577. The summed E-state index contributed by atoms with van der Waals surface area (Å²) >= 11 is 0.998.